The highest BCUT2D eigenvalue weighted by atomic mass is 16.1. The van der Waals surface area contributed by atoms with Crippen LogP contribution in [-0.2, 0) is 13.0 Å². The minimum absolute atomic E-state index is 0.0561. The predicted octanol–water partition coefficient (Wildman–Crippen LogP) is 5.29. The summed E-state index contributed by atoms with van der Waals surface area (Å²) < 4.78 is 0. The molecule has 3 aromatic rings. The lowest BCUT2D eigenvalue weighted by Gasteiger charge is -2.08. The topological polar surface area (TPSA) is 42.0 Å². The SMILES string of the molecule is CCCCCCc1ccc(CNC(=O)c2ccc3ncccc3c2)cc1. The summed E-state index contributed by atoms with van der Waals surface area (Å²) in [7, 11) is 0. The molecule has 1 aromatic heterocycles. The Morgan fingerprint density at radius 1 is 0.962 bits per heavy atom. The van der Waals surface area contributed by atoms with Crippen molar-refractivity contribution >= 4 is 16.8 Å². The number of fused-ring (bicyclic) bond motifs is 1. The molecule has 3 nitrogen and oxygen atoms in total. The van der Waals surface area contributed by atoms with E-state index < -0.39 is 0 Å². The van der Waals surface area contributed by atoms with Gasteiger partial charge in [0.15, 0.2) is 0 Å². The summed E-state index contributed by atoms with van der Waals surface area (Å²) in [5.41, 5.74) is 4.06. The summed E-state index contributed by atoms with van der Waals surface area (Å²) in [4.78, 5) is 16.7. The van der Waals surface area contributed by atoms with Crippen molar-refractivity contribution in [3.8, 4) is 0 Å². The third kappa shape index (κ3) is 4.92. The first-order valence-corrected chi connectivity index (χ1v) is 9.47. The van der Waals surface area contributed by atoms with Crippen LogP contribution in [0.4, 0.5) is 0 Å². The van der Waals surface area contributed by atoms with Crippen molar-refractivity contribution in [1.29, 1.82) is 0 Å². The van der Waals surface area contributed by atoms with Crippen molar-refractivity contribution in [3.05, 3.63) is 77.5 Å². The first-order chi connectivity index (χ1) is 12.8. The Kier molecular flexibility index (Phi) is 6.37. The Labute approximate surface area is 155 Å². The number of carbonyl (C=O) groups is 1. The van der Waals surface area contributed by atoms with E-state index in [-0.39, 0.29) is 5.91 Å². The second kappa shape index (κ2) is 9.14. The molecule has 0 aliphatic heterocycles. The van der Waals surface area contributed by atoms with Crippen molar-refractivity contribution in [3.63, 3.8) is 0 Å². The van der Waals surface area contributed by atoms with E-state index in [9.17, 15) is 4.79 Å². The van der Waals surface area contributed by atoms with E-state index in [1.165, 1.54) is 31.2 Å². The van der Waals surface area contributed by atoms with Crippen molar-refractivity contribution in [2.75, 3.05) is 0 Å². The third-order valence-electron chi connectivity index (χ3n) is 4.66. The maximum atomic E-state index is 12.4. The largest absolute Gasteiger partial charge is 0.348 e. The quantitative estimate of drug-likeness (QED) is 0.563. The van der Waals surface area contributed by atoms with E-state index in [0.717, 1.165) is 22.9 Å². The number of amides is 1. The summed E-state index contributed by atoms with van der Waals surface area (Å²) in [6.45, 7) is 2.78. The minimum atomic E-state index is -0.0561. The molecule has 0 aliphatic carbocycles. The molecule has 0 spiro atoms. The monoisotopic (exact) mass is 346 g/mol. The van der Waals surface area contributed by atoms with E-state index in [0.29, 0.717) is 12.1 Å². The van der Waals surface area contributed by atoms with E-state index >= 15 is 0 Å². The molecular weight excluding hydrogens is 320 g/mol. The number of pyridine rings is 1. The first kappa shape index (κ1) is 18.1. The van der Waals surface area contributed by atoms with Gasteiger partial charge in [0.1, 0.15) is 0 Å². The van der Waals surface area contributed by atoms with Gasteiger partial charge in [0.2, 0.25) is 0 Å². The Hall–Kier alpha value is -2.68. The smallest absolute Gasteiger partial charge is 0.251 e. The predicted molar refractivity (Wildman–Crippen MR) is 107 cm³/mol. The van der Waals surface area contributed by atoms with Crippen LogP contribution in [0.15, 0.2) is 60.8 Å². The van der Waals surface area contributed by atoms with E-state index in [1.807, 2.05) is 30.3 Å². The molecule has 0 unspecified atom stereocenters. The van der Waals surface area contributed by atoms with Crippen LogP contribution in [0.25, 0.3) is 10.9 Å². The molecule has 0 aliphatic rings. The summed E-state index contributed by atoms with van der Waals surface area (Å²) in [6.07, 6.45) is 8.03. The van der Waals surface area contributed by atoms with Crippen LogP contribution >= 0.6 is 0 Å². The maximum Gasteiger partial charge on any atom is 0.251 e. The number of nitrogens with zero attached hydrogens (tertiary/aromatic N) is 1. The average molecular weight is 346 g/mol. The Morgan fingerprint density at radius 2 is 1.77 bits per heavy atom. The van der Waals surface area contributed by atoms with E-state index in [1.54, 1.807) is 6.20 Å². The van der Waals surface area contributed by atoms with Crippen molar-refractivity contribution in [2.45, 2.75) is 45.6 Å². The van der Waals surface area contributed by atoms with Gasteiger partial charge in [-0.15, -0.1) is 0 Å². The van der Waals surface area contributed by atoms with E-state index in [4.69, 9.17) is 0 Å². The molecule has 0 saturated carbocycles. The zero-order valence-corrected chi connectivity index (χ0v) is 15.4. The minimum Gasteiger partial charge on any atom is -0.348 e. The van der Waals surface area contributed by atoms with E-state index in [2.05, 4.69) is 41.5 Å². The molecule has 1 N–H and O–H groups in total. The van der Waals surface area contributed by atoms with Gasteiger partial charge in [0.25, 0.3) is 5.91 Å². The molecule has 134 valence electrons. The summed E-state index contributed by atoms with van der Waals surface area (Å²) >= 11 is 0. The molecule has 3 rings (SSSR count). The number of rotatable bonds is 8. The second-order valence-electron chi connectivity index (χ2n) is 6.72. The van der Waals surface area contributed by atoms with Crippen LogP contribution in [0.5, 0.6) is 0 Å². The standard InChI is InChI=1S/C23H26N2O/c1-2-3-4-5-7-18-9-11-19(12-10-18)17-25-23(26)21-13-14-22-20(16-21)8-6-15-24-22/h6,8-16H,2-5,7,17H2,1H3,(H,25,26). The molecule has 1 heterocycles. The molecule has 0 atom stereocenters. The van der Waals surface area contributed by atoms with Gasteiger partial charge in [0, 0.05) is 23.7 Å². The highest BCUT2D eigenvalue weighted by molar-refractivity contribution is 5.97. The molecule has 0 saturated heterocycles. The van der Waals surface area contributed by atoms with Crippen LogP contribution in [0.1, 0.15) is 54.1 Å². The van der Waals surface area contributed by atoms with Crippen molar-refractivity contribution < 1.29 is 4.79 Å². The fraction of sp³-hybridized carbons (Fsp3) is 0.304. The lowest BCUT2D eigenvalue weighted by atomic mass is 10.0. The lowest BCUT2D eigenvalue weighted by molar-refractivity contribution is 0.0951. The highest BCUT2D eigenvalue weighted by Crippen LogP contribution is 2.14. The Morgan fingerprint density at radius 3 is 2.58 bits per heavy atom. The number of benzene rings is 2. The van der Waals surface area contributed by atoms with Gasteiger partial charge in [-0.1, -0.05) is 56.5 Å². The van der Waals surface area contributed by atoms with Gasteiger partial charge in [0.05, 0.1) is 5.52 Å². The van der Waals surface area contributed by atoms with Crippen LogP contribution in [-0.4, -0.2) is 10.9 Å². The number of aryl methyl sites for hydroxylation is 1. The normalized spacial score (nSPS) is 10.8. The molecule has 1 amide bonds. The number of nitrogens with one attached hydrogen (secondary N) is 1. The summed E-state index contributed by atoms with van der Waals surface area (Å²) in [5, 5.41) is 3.98. The van der Waals surface area contributed by atoms with Crippen LogP contribution < -0.4 is 5.32 Å². The van der Waals surface area contributed by atoms with Gasteiger partial charge >= 0.3 is 0 Å². The summed E-state index contributed by atoms with van der Waals surface area (Å²) in [5.74, 6) is -0.0561. The van der Waals surface area contributed by atoms with Crippen molar-refractivity contribution in [1.82, 2.24) is 10.3 Å². The van der Waals surface area contributed by atoms with Crippen LogP contribution in [0, 0.1) is 0 Å². The molecule has 0 fully saturated rings. The third-order valence-corrected chi connectivity index (χ3v) is 4.66. The molecular formula is C23H26N2O. The molecule has 0 bridgehead atoms. The van der Waals surface area contributed by atoms with Crippen molar-refractivity contribution in [2.24, 2.45) is 0 Å². The second-order valence-corrected chi connectivity index (χ2v) is 6.72. The maximum absolute atomic E-state index is 12.4. The first-order valence-electron chi connectivity index (χ1n) is 9.47. The number of carbonyl (C=O) groups excluding carboxylic acids is 1. The zero-order valence-electron chi connectivity index (χ0n) is 15.4. The summed E-state index contributed by atoms with van der Waals surface area (Å²) in [6, 6.07) is 18.0. The fourth-order valence-corrected chi connectivity index (χ4v) is 3.08. The number of hydrogen-bond acceptors (Lipinski definition) is 2. The zero-order chi connectivity index (χ0) is 18.2. The van der Waals surface area contributed by atoms with Crippen LogP contribution in [0.2, 0.25) is 0 Å². The molecule has 3 heteroatoms. The number of unbranched alkanes of at least 4 members (excludes halogenated alkanes) is 3. The van der Waals surface area contributed by atoms with Crippen LogP contribution in [0.3, 0.4) is 0 Å². The molecule has 26 heavy (non-hydrogen) atoms. The van der Waals surface area contributed by atoms with Gasteiger partial charge in [-0.3, -0.25) is 9.78 Å². The number of hydrogen-bond donors (Lipinski definition) is 1. The average Bonchev–Trinajstić information content (AvgIpc) is 2.70. The van der Waals surface area contributed by atoms with Gasteiger partial charge in [-0.25, -0.2) is 0 Å². The fourth-order valence-electron chi connectivity index (χ4n) is 3.08. The van der Waals surface area contributed by atoms with Gasteiger partial charge in [-0.05, 0) is 48.2 Å². The molecule has 2 aromatic carbocycles. The highest BCUT2D eigenvalue weighted by Gasteiger charge is 2.06. The lowest BCUT2D eigenvalue weighted by Crippen LogP contribution is -2.22. The number of aromatic nitrogens is 1. The Bertz CT molecular complexity index is 855. The van der Waals surface area contributed by atoms with Gasteiger partial charge in [-0.2, -0.15) is 0 Å². The molecule has 0 radical (unpaired) electrons. The van der Waals surface area contributed by atoms with Gasteiger partial charge < -0.3 is 5.32 Å². The Balaban J connectivity index is 1.53.